The van der Waals surface area contributed by atoms with Crippen LogP contribution in [0.25, 0.3) is 0 Å². The highest BCUT2D eigenvalue weighted by Crippen LogP contribution is 2.16. The van der Waals surface area contributed by atoms with Gasteiger partial charge in [0.15, 0.2) is 0 Å². The van der Waals surface area contributed by atoms with E-state index in [9.17, 15) is 20.1 Å². The Morgan fingerprint density at radius 1 is 0.500 bits per heavy atom. The summed E-state index contributed by atoms with van der Waals surface area (Å²) in [7, 11) is 0. The van der Waals surface area contributed by atoms with Gasteiger partial charge < -0.3 is 20.6 Å². The van der Waals surface area contributed by atoms with E-state index in [1.807, 2.05) is 6.08 Å². The Labute approximate surface area is 312 Å². The topological polar surface area (TPSA) is 89.8 Å². The molecular weight excluding hydrogens is 618 g/mol. The van der Waals surface area contributed by atoms with Crippen LogP contribution < -0.4 is 5.32 Å². The Morgan fingerprint density at radius 2 is 0.840 bits per heavy atom. The van der Waals surface area contributed by atoms with Gasteiger partial charge in [0.25, 0.3) is 0 Å². The Balaban J connectivity index is 3.59. The van der Waals surface area contributed by atoms with E-state index >= 15 is 0 Å². The fraction of sp³-hybridized carbons (Fsp3) is 0.889. The van der Waals surface area contributed by atoms with E-state index in [1.54, 1.807) is 6.08 Å². The van der Waals surface area contributed by atoms with E-state index < -0.39 is 18.2 Å². The lowest BCUT2D eigenvalue weighted by Crippen LogP contribution is -2.45. The van der Waals surface area contributed by atoms with Crippen LogP contribution in [0.15, 0.2) is 24.3 Å². The number of unbranched alkanes of at least 4 members (excludes halogenated alkanes) is 29. The van der Waals surface area contributed by atoms with Gasteiger partial charge in [-0.05, 0) is 44.9 Å². The first-order valence-electron chi connectivity index (χ1n) is 22.1. The maximum atomic E-state index is 12.4. The highest BCUT2D eigenvalue weighted by molar-refractivity contribution is 5.76. The highest BCUT2D eigenvalue weighted by atomic mass is 16.3. The molecule has 0 saturated carbocycles. The van der Waals surface area contributed by atoms with Crippen molar-refractivity contribution in [1.29, 1.82) is 0 Å². The van der Waals surface area contributed by atoms with Crippen molar-refractivity contribution < 1.29 is 20.1 Å². The zero-order chi connectivity index (χ0) is 36.6. The van der Waals surface area contributed by atoms with Gasteiger partial charge in [-0.15, -0.1) is 0 Å². The molecule has 0 fully saturated rings. The standard InChI is InChI=1S/C45H87NO4/c1-3-5-7-9-11-13-15-16-17-18-19-20-21-22-23-24-25-26-27-28-29-31-33-35-37-39-44(49)43(41-47)46-45(50)40-42(48)38-36-34-32-30-14-12-10-8-6-4-2/h12,14,37,39,42-44,47-49H,3-11,13,15-36,38,40-41H2,1-2H3,(H,46,50)/b14-12-,39-37+. The molecular formula is C45H87NO4. The van der Waals surface area contributed by atoms with Gasteiger partial charge >= 0.3 is 0 Å². The summed E-state index contributed by atoms with van der Waals surface area (Å²) in [5.74, 6) is -0.325. The number of aliphatic hydroxyl groups is 3. The van der Waals surface area contributed by atoms with Crippen LogP contribution in [-0.2, 0) is 4.79 Å². The van der Waals surface area contributed by atoms with Crippen LogP contribution in [0.4, 0.5) is 0 Å². The van der Waals surface area contributed by atoms with E-state index in [0.717, 1.165) is 38.5 Å². The SMILES string of the molecule is CCCCC/C=C\CCCCCC(O)CC(=O)NC(CO)C(O)/C=C/CCCCCCCCCCCCCCCCCCCCCCCCC. The minimum Gasteiger partial charge on any atom is -0.394 e. The van der Waals surface area contributed by atoms with Crippen LogP contribution in [0, 0.1) is 0 Å². The monoisotopic (exact) mass is 706 g/mol. The van der Waals surface area contributed by atoms with Gasteiger partial charge in [-0.25, -0.2) is 0 Å². The largest absolute Gasteiger partial charge is 0.394 e. The molecule has 0 heterocycles. The summed E-state index contributed by atoms with van der Waals surface area (Å²) in [6.07, 6.45) is 49.1. The first-order chi connectivity index (χ1) is 24.5. The summed E-state index contributed by atoms with van der Waals surface area (Å²) >= 11 is 0. The second kappa shape index (κ2) is 40.6. The summed E-state index contributed by atoms with van der Waals surface area (Å²) in [5.41, 5.74) is 0. The molecule has 5 nitrogen and oxygen atoms in total. The molecule has 0 bridgehead atoms. The first-order valence-corrected chi connectivity index (χ1v) is 22.1. The number of amides is 1. The number of hydrogen-bond acceptors (Lipinski definition) is 4. The minimum absolute atomic E-state index is 0.00374. The molecule has 5 heteroatoms. The second-order valence-corrected chi connectivity index (χ2v) is 15.3. The quantitative estimate of drug-likeness (QED) is 0.0377. The normalized spacial score (nSPS) is 13.8. The van der Waals surface area contributed by atoms with Crippen molar-refractivity contribution >= 4 is 5.91 Å². The third-order valence-corrected chi connectivity index (χ3v) is 10.2. The number of carbonyl (C=O) groups excluding carboxylic acids is 1. The molecule has 1 amide bonds. The molecule has 3 atom stereocenters. The zero-order valence-electron chi connectivity index (χ0n) is 33.5. The Bertz CT molecular complexity index is 739. The lowest BCUT2D eigenvalue weighted by atomic mass is 10.0. The van der Waals surface area contributed by atoms with Gasteiger partial charge in [0.05, 0.1) is 31.3 Å². The Hall–Kier alpha value is -1.17. The van der Waals surface area contributed by atoms with Gasteiger partial charge in [0.1, 0.15) is 0 Å². The van der Waals surface area contributed by atoms with Crippen LogP contribution in [0.3, 0.4) is 0 Å². The van der Waals surface area contributed by atoms with Gasteiger partial charge in [-0.3, -0.25) is 4.79 Å². The molecule has 0 spiro atoms. The summed E-state index contributed by atoms with van der Waals surface area (Å²) in [6, 6.07) is -0.746. The smallest absolute Gasteiger partial charge is 0.222 e. The third-order valence-electron chi connectivity index (χ3n) is 10.2. The van der Waals surface area contributed by atoms with Crippen LogP contribution in [0.1, 0.15) is 232 Å². The molecule has 0 aromatic rings. The van der Waals surface area contributed by atoms with E-state index in [2.05, 4.69) is 31.3 Å². The molecule has 0 aliphatic rings. The molecule has 296 valence electrons. The van der Waals surface area contributed by atoms with Gasteiger partial charge in [-0.1, -0.05) is 205 Å². The Morgan fingerprint density at radius 3 is 1.26 bits per heavy atom. The van der Waals surface area contributed by atoms with Crippen molar-refractivity contribution in [1.82, 2.24) is 5.32 Å². The predicted octanol–water partition coefficient (Wildman–Crippen LogP) is 12.6. The number of hydrogen-bond donors (Lipinski definition) is 4. The average molecular weight is 706 g/mol. The predicted molar refractivity (Wildman–Crippen MR) is 218 cm³/mol. The van der Waals surface area contributed by atoms with E-state index in [1.165, 1.54) is 167 Å². The van der Waals surface area contributed by atoms with E-state index in [4.69, 9.17) is 0 Å². The van der Waals surface area contributed by atoms with Crippen molar-refractivity contribution in [2.45, 2.75) is 250 Å². The lowest BCUT2D eigenvalue weighted by Gasteiger charge is -2.21. The zero-order valence-corrected chi connectivity index (χ0v) is 33.5. The van der Waals surface area contributed by atoms with E-state index in [0.29, 0.717) is 6.42 Å². The summed E-state index contributed by atoms with van der Waals surface area (Å²) in [4.78, 5) is 12.4. The molecule has 0 aliphatic heterocycles. The second-order valence-electron chi connectivity index (χ2n) is 15.3. The number of nitrogens with one attached hydrogen (secondary N) is 1. The van der Waals surface area contributed by atoms with Crippen molar-refractivity contribution in [2.24, 2.45) is 0 Å². The number of rotatable bonds is 40. The van der Waals surface area contributed by atoms with Crippen LogP contribution in [0.5, 0.6) is 0 Å². The first kappa shape index (κ1) is 48.8. The molecule has 0 aliphatic carbocycles. The van der Waals surface area contributed by atoms with Gasteiger partial charge in [0, 0.05) is 0 Å². The fourth-order valence-corrected chi connectivity index (χ4v) is 6.81. The Kier molecular flexibility index (Phi) is 39.6. The summed E-state index contributed by atoms with van der Waals surface area (Å²) in [5, 5.41) is 33.1. The number of carbonyl (C=O) groups is 1. The van der Waals surface area contributed by atoms with Gasteiger partial charge in [-0.2, -0.15) is 0 Å². The lowest BCUT2D eigenvalue weighted by molar-refractivity contribution is -0.124. The molecule has 0 aromatic heterocycles. The van der Waals surface area contributed by atoms with Crippen molar-refractivity contribution in [2.75, 3.05) is 6.61 Å². The number of allylic oxidation sites excluding steroid dienone is 3. The summed E-state index contributed by atoms with van der Waals surface area (Å²) in [6.45, 7) is 4.18. The third kappa shape index (κ3) is 36.6. The maximum absolute atomic E-state index is 12.4. The van der Waals surface area contributed by atoms with Crippen molar-refractivity contribution in [3.63, 3.8) is 0 Å². The number of aliphatic hydroxyl groups excluding tert-OH is 3. The molecule has 50 heavy (non-hydrogen) atoms. The van der Waals surface area contributed by atoms with Crippen molar-refractivity contribution in [3.8, 4) is 0 Å². The minimum atomic E-state index is -0.930. The van der Waals surface area contributed by atoms with Crippen LogP contribution in [-0.4, -0.2) is 46.1 Å². The van der Waals surface area contributed by atoms with E-state index in [-0.39, 0.29) is 18.9 Å². The average Bonchev–Trinajstić information content (AvgIpc) is 3.11. The van der Waals surface area contributed by atoms with Gasteiger partial charge in [0.2, 0.25) is 5.91 Å². The summed E-state index contributed by atoms with van der Waals surface area (Å²) < 4.78 is 0. The molecule has 3 unspecified atom stereocenters. The maximum Gasteiger partial charge on any atom is 0.222 e. The highest BCUT2D eigenvalue weighted by Gasteiger charge is 2.20. The molecule has 0 saturated heterocycles. The van der Waals surface area contributed by atoms with Crippen LogP contribution >= 0.6 is 0 Å². The van der Waals surface area contributed by atoms with Crippen molar-refractivity contribution in [3.05, 3.63) is 24.3 Å². The molecule has 4 N–H and O–H groups in total. The molecule has 0 aromatic carbocycles. The molecule has 0 rings (SSSR count). The molecule has 0 radical (unpaired) electrons. The van der Waals surface area contributed by atoms with Crippen LogP contribution in [0.2, 0.25) is 0 Å². The fourth-order valence-electron chi connectivity index (χ4n) is 6.81.